The molecular formula is C17H26N4O4S. The van der Waals surface area contributed by atoms with Gasteiger partial charge in [0.05, 0.1) is 4.90 Å². The summed E-state index contributed by atoms with van der Waals surface area (Å²) in [6, 6.07) is 6.04. The summed E-state index contributed by atoms with van der Waals surface area (Å²) in [6.45, 7) is 7.79. The molecule has 0 spiro atoms. The van der Waals surface area contributed by atoms with Crippen LogP contribution in [0, 0.1) is 0 Å². The first-order chi connectivity index (χ1) is 12.3. The molecule has 0 saturated carbocycles. The van der Waals surface area contributed by atoms with Crippen LogP contribution in [0.1, 0.15) is 20.8 Å². The van der Waals surface area contributed by atoms with Crippen LogP contribution >= 0.6 is 0 Å². The van der Waals surface area contributed by atoms with Crippen LogP contribution in [0.2, 0.25) is 0 Å². The highest BCUT2D eigenvalue weighted by Gasteiger charge is 2.31. The van der Waals surface area contributed by atoms with Gasteiger partial charge in [0.15, 0.2) is 0 Å². The van der Waals surface area contributed by atoms with E-state index in [1.165, 1.54) is 23.4 Å². The van der Waals surface area contributed by atoms with E-state index in [1.54, 1.807) is 21.9 Å². The average molecular weight is 382 g/mol. The van der Waals surface area contributed by atoms with Crippen molar-refractivity contribution in [2.45, 2.75) is 25.7 Å². The largest absolute Gasteiger partial charge is 0.326 e. The number of sulfonamides is 1. The molecule has 1 fully saturated rings. The van der Waals surface area contributed by atoms with Crippen molar-refractivity contribution in [2.24, 2.45) is 0 Å². The summed E-state index contributed by atoms with van der Waals surface area (Å²) in [5, 5.41) is 2.61. The van der Waals surface area contributed by atoms with Crippen LogP contribution in [0.15, 0.2) is 29.2 Å². The number of nitrogens with zero attached hydrogens (tertiary/aromatic N) is 3. The van der Waals surface area contributed by atoms with Gasteiger partial charge in [0.25, 0.3) is 0 Å². The second-order valence-corrected chi connectivity index (χ2v) is 7.99. The van der Waals surface area contributed by atoms with E-state index in [0.717, 1.165) is 0 Å². The molecule has 1 aromatic rings. The first-order valence-electron chi connectivity index (χ1n) is 8.71. The Morgan fingerprint density at radius 1 is 1.04 bits per heavy atom. The number of hydrogen-bond acceptors (Lipinski definition) is 4. The van der Waals surface area contributed by atoms with Crippen molar-refractivity contribution >= 4 is 27.6 Å². The lowest BCUT2D eigenvalue weighted by molar-refractivity contribution is -0.114. The minimum absolute atomic E-state index is 0.0493. The van der Waals surface area contributed by atoms with Crippen molar-refractivity contribution in [1.29, 1.82) is 0 Å². The standard InChI is InChI=1S/C17H26N4O4S/c1-4-19(5-2)17(23)20-10-12-21(13-11-20)26(24,25)16-8-6-15(7-9-16)18-14(3)22/h6-9H,4-5,10-13H2,1-3H3,(H,18,22). The third-order valence-electron chi connectivity index (χ3n) is 4.36. The summed E-state index contributed by atoms with van der Waals surface area (Å²) in [4.78, 5) is 27.0. The monoisotopic (exact) mass is 382 g/mol. The number of carbonyl (C=O) groups is 2. The molecule has 8 nitrogen and oxygen atoms in total. The minimum Gasteiger partial charge on any atom is -0.326 e. The number of piperazine rings is 1. The number of urea groups is 1. The molecule has 1 heterocycles. The Morgan fingerprint density at radius 2 is 1.58 bits per heavy atom. The number of hydrogen-bond donors (Lipinski definition) is 1. The second-order valence-electron chi connectivity index (χ2n) is 6.05. The second kappa shape index (κ2) is 8.50. The summed E-state index contributed by atoms with van der Waals surface area (Å²) in [5.41, 5.74) is 0.547. The molecule has 2 rings (SSSR count). The molecule has 9 heteroatoms. The Bertz CT molecular complexity index is 737. The fraction of sp³-hybridized carbons (Fsp3) is 0.529. The third-order valence-corrected chi connectivity index (χ3v) is 6.27. The quantitative estimate of drug-likeness (QED) is 0.834. The number of benzene rings is 1. The number of anilines is 1. The Hall–Kier alpha value is -2.13. The Kier molecular flexibility index (Phi) is 6.60. The third kappa shape index (κ3) is 4.53. The fourth-order valence-corrected chi connectivity index (χ4v) is 4.30. The molecule has 1 saturated heterocycles. The molecule has 1 aromatic carbocycles. The van der Waals surface area contributed by atoms with E-state index >= 15 is 0 Å². The Balaban J connectivity index is 2.03. The first-order valence-corrected chi connectivity index (χ1v) is 10.1. The van der Waals surface area contributed by atoms with Gasteiger partial charge in [-0.05, 0) is 38.1 Å². The fourth-order valence-electron chi connectivity index (χ4n) is 2.88. The van der Waals surface area contributed by atoms with Crippen LogP contribution in [0.25, 0.3) is 0 Å². The van der Waals surface area contributed by atoms with E-state index in [4.69, 9.17) is 0 Å². The number of rotatable bonds is 5. The summed E-state index contributed by atoms with van der Waals surface area (Å²) in [7, 11) is -3.62. The minimum atomic E-state index is -3.62. The van der Waals surface area contributed by atoms with E-state index in [2.05, 4.69) is 5.32 Å². The van der Waals surface area contributed by atoms with Crippen LogP contribution in [-0.4, -0.2) is 73.7 Å². The number of nitrogens with one attached hydrogen (secondary N) is 1. The van der Waals surface area contributed by atoms with Gasteiger partial charge in [-0.3, -0.25) is 4.79 Å². The van der Waals surface area contributed by atoms with Gasteiger partial charge < -0.3 is 15.1 Å². The highest BCUT2D eigenvalue weighted by Crippen LogP contribution is 2.20. The molecule has 1 aliphatic rings. The Labute approximate surface area is 154 Å². The topological polar surface area (TPSA) is 90.0 Å². The van der Waals surface area contributed by atoms with E-state index in [9.17, 15) is 18.0 Å². The summed E-state index contributed by atoms with van der Waals surface area (Å²) < 4.78 is 26.9. The van der Waals surface area contributed by atoms with E-state index in [0.29, 0.717) is 31.9 Å². The number of amides is 3. The smallest absolute Gasteiger partial charge is 0.320 e. The normalized spacial score (nSPS) is 15.6. The zero-order valence-corrected chi connectivity index (χ0v) is 16.3. The molecule has 0 aliphatic carbocycles. The first kappa shape index (κ1) is 20.2. The van der Waals surface area contributed by atoms with Crippen LogP contribution in [-0.2, 0) is 14.8 Å². The molecular weight excluding hydrogens is 356 g/mol. The van der Waals surface area contributed by atoms with Gasteiger partial charge in [0.2, 0.25) is 15.9 Å². The summed E-state index contributed by atoms with van der Waals surface area (Å²) in [6.07, 6.45) is 0. The lowest BCUT2D eigenvalue weighted by Gasteiger charge is -2.36. The van der Waals surface area contributed by atoms with Crippen molar-refractivity contribution in [3.05, 3.63) is 24.3 Å². The highest BCUT2D eigenvalue weighted by molar-refractivity contribution is 7.89. The molecule has 1 aliphatic heterocycles. The van der Waals surface area contributed by atoms with Crippen molar-refractivity contribution < 1.29 is 18.0 Å². The molecule has 0 unspecified atom stereocenters. The number of carbonyl (C=O) groups excluding carboxylic acids is 2. The van der Waals surface area contributed by atoms with Crippen molar-refractivity contribution in [3.63, 3.8) is 0 Å². The molecule has 0 aromatic heterocycles. The lowest BCUT2D eigenvalue weighted by atomic mass is 10.3. The van der Waals surface area contributed by atoms with Gasteiger partial charge in [-0.2, -0.15) is 4.31 Å². The van der Waals surface area contributed by atoms with Crippen LogP contribution < -0.4 is 5.32 Å². The maximum Gasteiger partial charge on any atom is 0.320 e. The Morgan fingerprint density at radius 3 is 2.04 bits per heavy atom. The van der Waals surface area contributed by atoms with Crippen molar-refractivity contribution in [1.82, 2.24) is 14.1 Å². The molecule has 144 valence electrons. The predicted molar refractivity (Wildman–Crippen MR) is 99.4 cm³/mol. The zero-order valence-electron chi connectivity index (χ0n) is 15.4. The van der Waals surface area contributed by atoms with Crippen LogP contribution in [0.5, 0.6) is 0 Å². The predicted octanol–water partition coefficient (Wildman–Crippen LogP) is 1.41. The van der Waals surface area contributed by atoms with Gasteiger partial charge in [0.1, 0.15) is 0 Å². The van der Waals surface area contributed by atoms with Crippen molar-refractivity contribution in [2.75, 3.05) is 44.6 Å². The zero-order chi connectivity index (χ0) is 19.3. The molecule has 1 N–H and O–H groups in total. The maximum atomic E-state index is 12.8. The van der Waals surface area contributed by atoms with Crippen molar-refractivity contribution in [3.8, 4) is 0 Å². The van der Waals surface area contributed by atoms with Crippen LogP contribution in [0.3, 0.4) is 0 Å². The molecule has 0 radical (unpaired) electrons. The van der Waals surface area contributed by atoms with E-state index in [-0.39, 0.29) is 29.9 Å². The summed E-state index contributed by atoms with van der Waals surface area (Å²) >= 11 is 0. The van der Waals surface area contributed by atoms with Gasteiger partial charge in [0, 0.05) is 51.9 Å². The summed E-state index contributed by atoms with van der Waals surface area (Å²) in [5.74, 6) is -0.213. The van der Waals surface area contributed by atoms with Crippen LogP contribution in [0.4, 0.5) is 10.5 Å². The average Bonchev–Trinajstić information content (AvgIpc) is 2.62. The van der Waals surface area contributed by atoms with Gasteiger partial charge in [-0.15, -0.1) is 0 Å². The molecule has 0 atom stereocenters. The SMILES string of the molecule is CCN(CC)C(=O)N1CCN(S(=O)(=O)c2ccc(NC(C)=O)cc2)CC1. The van der Waals surface area contributed by atoms with Gasteiger partial charge in [-0.25, -0.2) is 13.2 Å². The molecule has 3 amide bonds. The van der Waals surface area contributed by atoms with E-state index < -0.39 is 10.0 Å². The van der Waals surface area contributed by atoms with Gasteiger partial charge in [-0.1, -0.05) is 0 Å². The highest BCUT2D eigenvalue weighted by atomic mass is 32.2. The van der Waals surface area contributed by atoms with Gasteiger partial charge >= 0.3 is 6.03 Å². The molecule has 0 bridgehead atoms. The maximum absolute atomic E-state index is 12.8. The lowest BCUT2D eigenvalue weighted by Crippen LogP contribution is -2.53. The van der Waals surface area contributed by atoms with E-state index in [1.807, 2.05) is 13.8 Å². The molecule has 26 heavy (non-hydrogen) atoms.